The molecule has 0 aromatic heterocycles. The molecule has 1 aromatic carbocycles. The Morgan fingerprint density at radius 3 is 2.76 bits per heavy atom. The van der Waals surface area contributed by atoms with Crippen LogP contribution in [0.3, 0.4) is 0 Å². The Morgan fingerprint density at radius 2 is 2.24 bits per heavy atom. The third kappa shape index (κ3) is 2.97. The van der Waals surface area contributed by atoms with Crippen LogP contribution in [-0.4, -0.2) is 29.0 Å². The topological polar surface area (TPSA) is 64.3 Å². The number of phenols is 1. The zero-order valence-corrected chi connectivity index (χ0v) is 10.3. The van der Waals surface area contributed by atoms with Crippen LogP contribution < -0.4 is 0 Å². The predicted molar refractivity (Wildman–Crippen MR) is 64.6 cm³/mol. The summed E-state index contributed by atoms with van der Waals surface area (Å²) in [7, 11) is 1.68. The fourth-order valence-electron chi connectivity index (χ4n) is 1.55. The van der Waals surface area contributed by atoms with Gasteiger partial charge in [0.25, 0.3) is 5.91 Å². The summed E-state index contributed by atoms with van der Waals surface area (Å²) >= 11 is 0. The second-order valence-electron chi connectivity index (χ2n) is 4.13. The number of hydrogen-bond acceptors (Lipinski definition) is 3. The first-order valence-corrected chi connectivity index (χ1v) is 5.41. The average molecular weight is 232 g/mol. The van der Waals surface area contributed by atoms with Gasteiger partial charge >= 0.3 is 0 Å². The molecule has 4 nitrogen and oxygen atoms in total. The molecule has 0 saturated carbocycles. The van der Waals surface area contributed by atoms with Gasteiger partial charge in [0.15, 0.2) is 0 Å². The summed E-state index contributed by atoms with van der Waals surface area (Å²) in [5.41, 5.74) is 1.28. The monoisotopic (exact) mass is 232 g/mol. The second kappa shape index (κ2) is 5.35. The first-order valence-electron chi connectivity index (χ1n) is 5.41. The van der Waals surface area contributed by atoms with Gasteiger partial charge < -0.3 is 10.0 Å². The molecule has 0 aliphatic heterocycles. The van der Waals surface area contributed by atoms with Crippen LogP contribution in [0.1, 0.15) is 29.3 Å². The van der Waals surface area contributed by atoms with Crippen LogP contribution in [0.4, 0.5) is 0 Å². The second-order valence-corrected chi connectivity index (χ2v) is 4.13. The largest absolute Gasteiger partial charge is 0.508 e. The van der Waals surface area contributed by atoms with Gasteiger partial charge in [-0.2, -0.15) is 5.26 Å². The fourth-order valence-corrected chi connectivity index (χ4v) is 1.55. The summed E-state index contributed by atoms with van der Waals surface area (Å²) in [5, 5.41) is 17.9. The lowest BCUT2D eigenvalue weighted by Gasteiger charge is -2.23. The van der Waals surface area contributed by atoms with Crippen LogP contribution in [0.15, 0.2) is 18.2 Å². The highest BCUT2D eigenvalue weighted by Gasteiger charge is 2.18. The number of rotatable bonds is 3. The van der Waals surface area contributed by atoms with Crippen LogP contribution in [0.25, 0.3) is 0 Å². The Kier molecular flexibility index (Phi) is 4.11. The van der Waals surface area contributed by atoms with Crippen molar-refractivity contribution in [3.05, 3.63) is 29.3 Å². The maximum atomic E-state index is 12.1. The molecule has 0 bridgehead atoms. The lowest BCUT2D eigenvalue weighted by atomic mass is 10.1. The van der Waals surface area contributed by atoms with Crippen molar-refractivity contribution in [3.8, 4) is 11.8 Å². The molecule has 0 radical (unpaired) electrons. The van der Waals surface area contributed by atoms with Crippen molar-refractivity contribution < 1.29 is 9.90 Å². The Labute approximate surface area is 101 Å². The van der Waals surface area contributed by atoms with Gasteiger partial charge in [-0.15, -0.1) is 0 Å². The molecule has 0 saturated heterocycles. The number of aromatic hydroxyl groups is 1. The first-order chi connectivity index (χ1) is 7.97. The minimum Gasteiger partial charge on any atom is -0.508 e. The molecule has 90 valence electrons. The van der Waals surface area contributed by atoms with E-state index in [4.69, 9.17) is 5.26 Å². The Bertz CT molecular complexity index is 463. The number of carbonyl (C=O) groups excluding carboxylic acids is 1. The van der Waals surface area contributed by atoms with E-state index in [9.17, 15) is 9.90 Å². The number of nitriles is 1. The van der Waals surface area contributed by atoms with E-state index in [0.29, 0.717) is 12.0 Å². The van der Waals surface area contributed by atoms with E-state index in [1.165, 1.54) is 6.07 Å². The fraction of sp³-hybridized carbons (Fsp3) is 0.385. The summed E-state index contributed by atoms with van der Waals surface area (Å²) < 4.78 is 0. The molecular formula is C13H16N2O2. The molecule has 4 heteroatoms. The molecule has 1 unspecified atom stereocenters. The van der Waals surface area contributed by atoms with Gasteiger partial charge in [0.05, 0.1) is 12.5 Å². The number of carbonyl (C=O) groups is 1. The zero-order valence-electron chi connectivity index (χ0n) is 10.3. The minimum atomic E-state index is -0.134. The van der Waals surface area contributed by atoms with Gasteiger partial charge in [-0.1, -0.05) is 0 Å². The van der Waals surface area contributed by atoms with E-state index >= 15 is 0 Å². The molecular weight excluding hydrogens is 216 g/mol. The first kappa shape index (κ1) is 13.0. The van der Waals surface area contributed by atoms with E-state index in [1.807, 2.05) is 13.0 Å². The van der Waals surface area contributed by atoms with Crippen molar-refractivity contribution in [2.24, 2.45) is 0 Å². The molecule has 1 aromatic rings. The van der Waals surface area contributed by atoms with E-state index in [1.54, 1.807) is 31.0 Å². The van der Waals surface area contributed by atoms with Crippen LogP contribution >= 0.6 is 0 Å². The van der Waals surface area contributed by atoms with Crippen LogP contribution in [0.5, 0.6) is 5.75 Å². The normalized spacial score (nSPS) is 11.6. The highest BCUT2D eigenvalue weighted by Crippen LogP contribution is 2.18. The van der Waals surface area contributed by atoms with Gasteiger partial charge in [0.1, 0.15) is 5.75 Å². The van der Waals surface area contributed by atoms with Gasteiger partial charge in [0.2, 0.25) is 0 Å². The molecule has 1 atom stereocenters. The molecule has 17 heavy (non-hydrogen) atoms. The van der Waals surface area contributed by atoms with Gasteiger partial charge in [-0.3, -0.25) is 4.79 Å². The summed E-state index contributed by atoms with van der Waals surface area (Å²) in [4.78, 5) is 13.7. The van der Waals surface area contributed by atoms with Gasteiger partial charge in [-0.25, -0.2) is 0 Å². The number of amides is 1. The molecule has 0 spiro atoms. The average Bonchev–Trinajstić information content (AvgIpc) is 2.27. The highest BCUT2D eigenvalue weighted by molar-refractivity contribution is 5.95. The number of hydrogen-bond donors (Lipinski definition) is 1. The van der Waals surface area contributed by atoms with E-state index in [-0.39, 0.29) is 17.7 Å². The number of phenolic OH excluding ortho intramolecular Hbond substituents is 1. The van der Waals surface area contributed by atoms with E-state index in [0.717, 1.165) is 5.56 Å². The van der Waals surface area contributed by atoms with Crippen molar-refractivity contribution in [1.29, 1.82) is 5.26 Å². The smallest absolute Gasteiger partial charge is 0.254 e. The van der Waals surface area contributed by atoms with Crippen molar-refractivity contribution in [3.63, 3.8) is 0 Å². The molecule has 1 N–H and O–H groups in total. The lowest BCUT2D eigenvalue weighted by Crippen LogP contribution is -2.35. The molecule has 0 aliphatic rings. The Balaban J connectivity index is 2.93. The van der Waals surface area contributed by atoms with Crippen molar-refractivity contribution in [2.75, 3.05) is 7.05 Å². The summed E-state index contributed by atoms with van der Waals surface area (Å²) in [6.45, 7) is 3.60. The molecule has 0 heterocycles. The van der Waals surface area contributed by atoms with Crippen molar-refractivity contribution >= 4 is 5.91 Å². The predicted octanol–water partition coefficient (Wildman–Crippen LogP) is 2.07. The number of aryl methyl sites for hydroxylation is 1. The SMILES string of the molecule is Cc1cc(O)ccc1C(=O)N(C)C(C)CC#N. The van der Waals surface area contributed by atoms with Crippen molar-refractivity contribution in [2.45, 2.75) is 26.3 Å². The molecule has 0 aliphatic carbocycles. The van der Waals surface area contributed by atoms with Crippen molar-refractivity contribution in [1.82, 2.24) is 4.90 Å². The van der Waals surface area contributed by atoms with Crippen LogP contribution in [0, 0.1) is 18.3 Å². The maximum absolute atomic E-state index is 12.1. The van der Waals surface area contributed by atoms with E-state index < -0.39 is 0 Å². The van der Waals surface area contributed by atoms with Crippen LogP contribution in [-0.2, 0) is 0 Å². The highest BCUT2D eigenvalue weighted by atomic mass is 16.3. The molecule has 1 rings (SSSR count). The third-order valence-corrected chi connectivity index (χ3v) is 2.81. The number of benzene rings is 1. The van der Waals surface area contributed by atoms with E-state index in [2.05, 4.69) is 0 Å². The minimum absolute atomic E-state index is 0.124. The van der Waals surface area contributed by atoms with Crippen LogP contribution in [0.2, 0.25) is 0 Å². The maximum Gasteiger partial charge on any atom is 0.254 e. The molecule has 1 amide bonds. The van der Waals surface area contributed by atoms with Gasteiger partial charge in [-0.05, 0) is 37.6 Å². The standard InChI is InChI=1S/C13H16N2O2/c1-9-8-11(16)4-5-12(9)13(17)15(3)10(2)6-7-14/h4-5,8,10,16H,6H2,1-3H3. The number of nitrogens with zero attached hydrogens (tertiary/aromatic N) is 2. The quantitative estimate of drug-likeness (QED) is 0.867. The lowest BCUT2D eigenvalue weighted by molar-refractivity contribution is 0.0745. The summed E-state index contributed by atoms with van der Waals surface area (Å²) in [6.07, 6.45) is 0.305. The Morgan fingerprint density at radius 1 is 1.59 bits per heavy atom. The Hall–Kier alpha value is -2.02. The molecule has 0 fully saturated rings. The third-order valence-electron chi connectivity index (χ3n) is 2.81. The summed E-state index contributed by atoms with van der Waals surface area (Å²) in [5.74, 6) is 0.0111. The van der Waals surface area contributed by atoms with Gasteiger partial charge in [0, 0.05) is 18.7 Å². The zero-order chi connectivity index (χ0) is 13.0. The summed E-state index contributed by atoms with van der Waals surface area (Å²) in [6, 6.07) is 6.56.